The molecule has 0 aliphatic heterocycles. The zero-order valence-corrected chi connectivity index (χ0v) is 21.7. The Morgan fingerprint density at radius 2 is 1.74 bits per heavy atom. The van der Waals surface area contributed by atoms with Crippen LogP contribution in [0.1, 0.15) is 56.3 Å². The molecule has 4 rings (SSSR count). The van der Waals surface area contributed by atoms with Crippen LogP contribution in [0.5, 0.6) is 0 Å². The quantitative estimate of drug-likeness (QED) is 0.303. The highest BCUT2D eigenvalue weighted by atomic mass is 32.1. The Morgan fingerprint density at radius 3 is 2.38 bits per heavy atom. The van der Waals surface area contributed by atoms with E-state index in [1.54, 1.807) is 13.8 Å². The van der Waals surface area contributed by atoms with Gasteiger partial charge in [-0.1, -0.05) is 29.8 Å². The number of fused-ring (bicyclic) bond motifs is 1. The minimum absolute atomic E-state index is 0.291. The van der Waals surface area contributed by atoms with E-state index in [9.17, 15) is 9.59 Å². The SMILES string of the molecule is Cc1ccc(-c2csc(NC(=O)c3sc4nc(C)c(C)c(C)c4c3N)c2C(=O)OC(C)C)cc1. The molecule has 0 unspecified atom stereocenters. The molecule has 0 aliphatic carbocycles. The first kappa shape index (κ1) is 23.9. The zero-order chi connectivity index (χ0) is 24.7. The number of aryl methyl sites for hydroxylation is 3. The first-order chi connectivity index (χ1) is 16.1. The van der Waals surface area contributed by atoms with Gasteiger partial charge < -0.3 is 15.8 Å². The van der Waals surface area contributed by atoms with Crippen molar-refractivity contribution < 1.29 is 14.3 Å². The summed E-state index contributed by atoms with van der Waals surface area (Å²) in [4.78, 5) is 32.1. The fourth-order valence-electron chi connectivity index (χ4n) is 3.77. The van der Waals surface area contributed by atoms with Gasteiger partial charge in [-0.2, -0.15) is 0 Å². The van der Waals surface area contributed by atoms with Gasteiger partial charge in [-0.05, 0) is 58.2 Å². The van der Waals surface area contributed by atoms with E-state index < -0.39 is 5.97 Å². The lowest BCUT2D eigenvalue weighted by atomic mass is 10.0. The van der Waals surface area contributed by atoms with Gasteiger partial charge in [-0.15, -0.1) is 22.7 Å². The maximum atomic E-state index is 13.3. The summed E-state index contributed by atoms with van der Waals surface area (Å²) in [6.45, 7) is 11.5. The van der Waals surface area contributed by atoms with Crippen molar-refractivity contribution in [1.82, 2.24) is 4.98 Å². The third kappa shape index (κ3) is 4.31. The molecule has 6 nitrogen and oxygen atoms in total. The fraction of sp³-hybridized carbons (Fsp3) is 0.269. The highest BCUT2D eigenvalue weighted by Gasteiger charge is 2.26. The summed E-state index contributed by atoms with van der Waals surface area (Å²) in [5.74, 6) is -0.846. The normalized spacial score (nSPS) is 11.3. The van der Waals surface area contributed by atoms with Gasteiger partial charge in [0.05, 0.1) is 11.8 Å². The van der Waals surface area contributed by atoms with Crippen molar-refractivity contribution in [2.45, 2.75) is 47.6 Å². The lowest BCUT2D eigenvalue weighted by molar-refractivity contribution is 0.0380. The van der Waals surface area contributed by atoms with Gasteiger partial charge >= 0.3 is 5.97 Å². The summed E-state index contributed by atoms with van der Waals surface area (Å²) >= 11 is 2.55. The molecular formula is C26H27N3O3S2. The van der Waals surface area contributed by atoms with E-state index in [0.29, 0.717) is 21.1 Å². The van der Waals surface area contributed by atoms with E-state index >= 15 is 0 Å². The molecule has 0 saturated heterocycles. The first-order valence-electron chi connectivity index (χ1n) is 10.9. The lowest BCUT2D eigenvalue weighted by Gasteiger charge is -2.12. The van der Waals surface area contributed by atoms with Crippen LogP contribution in [0.25, 0.3) is 21.3 Å². The summed E-state index contributed by atoms with van der Waals surface area (Å²) in [5.41, 5.74) is 12.9. The number of ether oxygens (including phenoxy) is 1. The number of rotatable bonds is 5. The van der Waals surface area contributed by atoms with Gasteiger partial charge in [-0.25, -0.2) is 9.78 Å². The number of carbonyl (C=O) groups is 2. The van der Waals surface area contributed by atoms with E-state index in [-0.39, 0.29) is 12.0 Å². The Balaban J connectivity index is 1.76. The molecule has 34 heavy (non-hydrogen) atoms. The number of benzene rings is 1. The van der Waals surface area contributed by atoms with E-state index in [1.807, 2.05) is 57.3 Å². The van der Waals surface area contributed by atoms with Crippen molar-refractivity contribution in [2.24, 2.45) is 0 Å². The van der Waals surface area contributed by atoms with Crippen LogP contribution in [-0.2, 0) is 4.74 Å². The predicted octanol–water partition coefficient (Wildman–Crippen LogP) is 6.66. The van der Waals surface area contributed by atoms with E-state index in [4.69, 9.17) is 10.5 Å². The number of nitrogens with two attached hydrogens (primary N) is 1. The van der Waals surface area contributed by atoms with Gasteiger partial charge in [0.25, 0.3) is 5.91 Å². The Morgan fingerprint density at radius 1 is 1.06 bits per heavy atom. The predicted molar refractivity (Wildman–Crippen MR) is 141 cm³/mol. The van der Waals surface area contributed by atoms with Crippen molar-refractivity contribution in [3.8, 4) is 11.1 Å². The molecule has 4 aromatic rings. The van der Waals surface area contributed by atoms with Crippen LogP contribution in [0.3, 0.4) is 0 Å². The molecule has 1 aromatic carbocycles. The van der Waals surface area contributed by atoms with Crippen LogP contribution >= 0.6 is 22.7 Å². The van der Waals surface area contributed by atoms with Gasteiger partial charge in [0, 0.05) is 22.0 Å². The Bertz CT molecular complexity index is 1420. The Labute approximate surface area is 206 Å². The van der Waals surface area contributed by atoms with Crippen molar-refractivity contribution in [1.29, 1.82) is 0 Å². The smallest absolute Gasteiger partial charge is 0.342 e. The number of aromatic nitrogens is 1. The Hall–Kier alpha value is -3.23. The van der Waals surface area contributed by atoms with Gasteiger partial charge in [0.15, 0.2) is 0 Å². The van der Waals surface area contributed by atoms with Gasteiger partial charge in [-0.3, -0.25) is 4.79 Å². The molecule has 3 N–H and O–H groups in total. The second-order valence-electron chi connectivity index (χ2n) is 8.60. The average molecular weight is 494 g/mol. The van der Waals surface area contributed by atoms with Crippen LogP contribution in [-0.4, -0.2) is 23.0 Å². The molecule has 0 aliphatic rings. The first-order valence-corrected chi connectivity index (χ1v) is 12.6. The summed E-state index contributed by atoms with van der Waals surface area (Å²) in [7, 11) is 0. The van der Waals surface area contributed by atoms with E-state index in [1.165, 1.54) is 22.7 Å². The Kier molecular flexibility index (Phi) is 6.47. The van der Waals surface area contributed by atoms with E-state index in [0.717, 1.165) is 43.7 Å². The second kappa shape index (κ2) is 9.19. The minimum Gasteiger partial charge on any atom is -0.459 e. The van der Waals surface area contributed by atoms with Crippen LogP contribution in [0.2, 0.25) is 0 Å². The molecular weight excluding hydrogens is 466 g/mol. The van der Waals surface area contributed by atoms with Crippen molar-refractivity contribution in [2.75, 3.05) is 11.1 Å². The molecule has 0 saturated carbocycles. The maximum absolute atomic E-state index is 13.3. The number of pyridine rings is 1. The third-order valence-corrected chi connectivity index (χ3v) is 7.80. The molecule has 8 heteroatoms. The highest BCUT2D eigenvalue weighted by molar-refractivity contribution is 7.21. The van der Waals surface area contributed by atoms with Crippen molar-refractivity contribution >= 4 is 55.5 Å². The topological polar surface area (TPSA) is 94.3 Å². The number of carbonyl (C=O) groups excluding carboxylic acids is 2. The van der Waals surface area contributed by atoms with Crippen LogP contribution < -0.4 is 11.1 Å². The third-order valence-electron chi connectivity index (χ3n) is 5.81. The van der Waals surface area contributed by atoms with Crippen LogP contribution in [0.4, 0.5) is 10.7 Å². The lowest BCUT2D eigenvalue weighted by Crippen LogP contribution is -2.16. The van der Waals surface area contributed by atoms with Crippen molar-refractivity contribution in [3.05, 3.63) is 62.5 Å². The number of hydrogen-bond donors (Lipinski definition) is 2. The number of nitrogens with one attached hydrogen (secondary N) is 1. The van der Waals surface area contributed by atoms with E-state index in [2.05, 4.69) is 10.3 Å². The number of hydrogen-bond acceptors (Lipinski definition) is 7. The van der Waals surface area contributed by atoms with Crippen LogP contribution in [0.15, 0.2) is 29.6 Å². The zero-order valence-electron chi connectivity index (χ0n) is 20.0. The number of nitrogens with zero attached hydrogens (tertiary/aromatic N) is 1. The fourth-order valence-corrected chi connectivity index (χ4v) is 5.82. The molecule has 0 radical (unpaired) electrons. The minimum atomic E-state index is -0.477. The molecule has 3 aromatic heterocycles. The van der Waals surface area contributed by atoms with Gasteiger partial charge in [0.2, 0.25) is 0 Å². The molecule has 3 heterocycles. The molecule has 1 amide bonds. The molecule has 0 bridgehead atoms. The standard InChI is InChI=1S/C26H27N3O3S2/c1-12(2)32-26(31)20-18(17-9-7-13(3)8-10-17)11-33-24(20)29-23(30)22-21(27)19-15(5)14(4)16(6)28-25(19)34-22/h7-12H,27H2,1-6H3,(H,29,30). The maximum Gasteiger partial charge on any atom is 0.342 e. The number of anilines is 2. The van der Waals surface area contributed by atoms with Gasteiger partial charge in [0.1, 0.15) is 20.3 Å². The van der Waals surface area contributed by atoms with Crippen molar-refractivity contribution in [3.63, 3.8) is 0 Å². The second-order valence-corrected chi connectivity index (χ2v) is 10.5. The summed E-state index contributed by atoms with van der Waals surface area (Å²) in [5, 5.41) is 6.02. The molecule has 0 fully saturated rings. The number of esters is 1. The number of amides is 1. The monoisotopic (exact) mass is 493 g/mol. The highest BCUT2D eigenvalue weighted by Crippen LogP contribution is 2.39. The molecule has 0 atom stereocenters. The molecule has 176 valence electrons. The molecule has 0 spiro atoms. The number of thiophene rings is 2. The number of nitrogen functional groups attached to an aromatic ring is 1. The largest absolute Gasteiger partial charge is 0.459 e. The van der Waals surface area contributed by atoms with Crippen LogP contribution in [0, 0.1) is 27.7 Å². The summed E-state index contributed by atoms with van der Waals surface area (Å²) < 4.78 is 5.51. The average Bonchev–Trinajstić information content (AvgIpc) is 3.33. The summed E-state index contributed by atoms with van der Waals surface area (Å²) in [6.07, 6.45) is -0.291. The summed E-state index contributed by atoms with van der Waals surface area (Å²) in [6, 6.07) is 7.89.